The second kappa shape index (κ2) is 4.14. The van der Waals surface area contributed by atoms with E-state index in [1.165, 1.54) is 11.0 Å². The van der Waals surface area contributed by atoms with Gasteiger partial charge in [0.1, 0.15) is 0 Å². The van der Waals surface area contributed by atoms with Gasteiger partial charge in [0.05, 0.1) is 0 Å². The van der Waals surface area contributed by atoms with Gasteiger partial charge in [-0.3, -0.25) is 14.5 Å². The van der Waals surface area contributed by atoms with Crippen molar-refractivity contribution in [2.24, 2.45) is 5.92 Å². The fourth-order valence-corrected chi connectivity index (χ4v) is 2.00. The average molecular weight is 209 g/mol. The average Bonchev–Trinajstić information content (AvgIpc) is 2.47. The van der Waals surface area contributed by atoms with Gasteiger partial charge < -0.3 is 4.74 Å². The van der Waals surface area contributed by atoms with Gasteiger partial charge in [-0.25, -0.2) is 0 Å². The van der Waals surface area contributed by atoms with Gasteiger partial charge in [0.25, 0.3) is 11.8 Å². The molecule has 0 unspecified atom stereocenters. The van der Waals surface area contributed by atoms with Crippen molar-refractivity contribution < 1.29 is 14.3 Å². The molecule has 0 aromatic carbocycles. The monoisotopic (exact) mass is 209 g/mol. The van der Waals surface area contributed by atoms with E-state index >= 15 is 0 Å². The fraction of sp³-hybridized carbons (Fsp3) is 0.636. The Morgan fingerprint density at radius 3 is 2.60 bits per heavy atom. The van der Waals surface area contributed by atoms with E-state index in [2.05, 4.69) is 0 Å². The van der Waals surface area contributed by atoms with Crippen LogP contribution in [0, 0.1) is 5.92 Å². The summed E-state index contributed by atoms with van der Waals surface area (Å²) >= 11 is 0. The molecule has 4 heteroatoms. The number of carbonyl (C=O) groups is 2. The predicted octanol–water partition coefficient (Wildman–Crippen LogP) is 0.728. The standard InChI is InChI=1S/C11H15NO3/c1-8-6-10(13)12(11(8)14)7-9-2-4-15-5-3-9/h6,9H,2-5,7H2,1H3. The Balaban J connectivity index is 1.95. The first-order chi connectivity index (χ1) is 7.18. The third-order valence-electron chi connectivity index (χ3n) is 2.97. The molecule has 0 N–H and O–H groups in total. The molecule has 0 saturated carbocycles. The molecule has 0 bridgehead atoms. The lowest BCUT2D eigenvalue weighted by Crippen LogP contribution is -2.37. The van der Waals surface area contributed by atoms with E-state index in [0.29, 0.717) is 18.0 Å². The van der Waals surface area contributed by atoms with Crippen LogP contribution in [0.3, 0.4) is 0 Å². The van der Waals surface area contributed by atoms with Gasteiger partial charge in [-0.1, -0.05) is 0 Å². The second-order valence-corrected chi connectivity index (χ2v) is 4.14. The minimum absolute atomic E-state index is 0.133. The van der Waals surface area contributed by atoms with E-state index in [1.807, 2.05) is 0 Å². The number of imide groups is 1. The maximum atomic E-state index is 11.6. The highest BCUT2D eigenvalue weighted by Gasteiger charge is 2.30. The van der Waals surface area contributed by atoms with Crippen LogP contribution >= 0.6 is 0 Å². The number of carbonyl (C=O) groups excluding carboxylic acids is 2. The van der Waals surface area contributed by atoms with Gasteiger partial charge in [-0.2, -0.15) is 0 Å². The molecule has 2 aliphatic heterocycles. The van der Waals surface area contributed by atoms with Crippen molar-refractivity contribution in [1.82, 2.24) is 4.90 Å². The zero-order valence-electron chi connectivity index (χ0n) is 8.86. The van der Waals surface area contributed by atoms with Gasteiger partial charge in [0, 0.05) is 31.4 Å². The van der Waals surface area contributed by atoms with Crippen LogP contribution in [0.25, 0.3) is 0 Å². The van der Waals surface area contributed by atoms with E-state index in [0.717, 1.165) is 26.1 Å². The third kappa shape index (κ3) is 2.09. The minimum Gasteiger partial charge on any atom is -0.381 e. The topological polar surface area (TPSA) is 46.6 Å². The molecule has 1 saturated heterocycles. The molecule has 0 spiro atoms. The molecule has 4 nitrogen and oxygen atoms in total. The van der Waals surface area contributed by atoms with Crippen molar-refractivity contribution in [1.29, 1.82) is 0 Å². The van der Waals surface area contributed by atoms with Crippen LogP contribution in [0.1, 0.15) is 19.8 Å². The smallest absolute Gasteiger partial charge is 0.256 e. The van der Waals surface area contributed by atoms with Crippen LogP contribution in [0.2, 0.25) is 0 Å². The van der Waals surface area contributed by atoms with Crippen LogP contribution in [0.5, 0.6) is 0 Å². The van der Waals surface area contributed by atoms with Gasteiger partial charge in [-0.05, 0) is 25.7 Å². The van der Waals surface area contributed by atoms with Crippen LogP contribution < -0.4 is 0 Å². The molecule has 15 heavy (non-hydrogen) atoms. The summed E-state index contributed by atoms with van der Waals surface area (Å²) in [5.74, 6) is 0.112. The summed E-state index contributed by atoms with van der Waals surface area (Å²) in [5, 5.41) is 0. The lowest BCUT2D eigenvalue weighted by molar-refractivity contribution is -0.138. The number of nitrogens with zero attached hydrogens (tertiary/aromatic N) is 1. The maximum Gasteiger partial charge on any atom is 0.256 e. The quantitative estimate of drug-likeness (QED) is 0.630. The third-order valence-corrected chi connectivity index (χ3v) is 2.97. The van der Waals surface area contributed by atoms with Crippen molar-refractivity contribution in [3.63, 3.8) is 0 Å². The highest BCUT2D eigenvalue weighted by Crippen LogP contribution is 2.20. The predicted molar refractivity (Wildman–Crippen MR) is 54.0 cm³/mol. The normalized spacial score (nSPS) is 23.5. The van der Waals surface area contributed by atoms with E-state index in [9.17, 15) is 9.59 Å². The first-order valence-electron chi connectivity index (χ1n) is 5.30. The molecule has 2 aliphatic rings. The highest BCUT2D eigenvalue weighted by atomic mass is 16.5. The summed E-state index contributed by atoms with van der Waals surface area (Å²) in [7, 11) is 0. The molecule has 2 heterocycles. The van der Waals surface area contributed by atoms with Crippen LogP contribution in [-0.4, -0.2) is 36.5 Å². The largest absolute Gasteiger partial charge is 0.381 e. The van der Waals surface area contributed by atoms with Crippen LogP contribution in [-0.2, 0) is 14.3 Å². The Morgan fingerprint density at radius 1 is 1.40 bits per heavy atom. The van der Waals surface area contributed by atoms with Crippen LogP contribution in [0.4, 0.5) is 0 Å². The number of hydrogen-bond donors (Lipinski definition) is 0. The molecule has 2 rings (SSSR count). The Hall–Kier alpha value is -1.16. The van der Waals surface area contributed by atoms with Crippen LogP contribution in [0.15, 0.2) is 11.6 Å². The van der Waals surface area contributed by atoms with Crippen molar-refractivity contribution in [3.8, 4) is 0 Å². The minimum atomic E-state index is -0.163. The lowest BCUT2D eigenvalue weighted by Gasteiger charge is -2.25. The Kier molecular flexibility index (Phi) is 2.86. The van der Waals surface area contributed by atoms with Crippen molar-refractivity contribution in [2.45, 2.75) is 19.8 Å². The van der Waals surface area contributed by atoms with E-state index < -0.39 is 0 Å². The second-order valence-electron chi connectivity index (χ2n) is 4.14. The molecule has 1 fully saturated rings. The molecule has 0 aromatic heterocycles. The molecule has 0 aliphatic carbocycles. The SMILES string of the molecule is CC1=CC(=O)N(CC2CCOCC2)C1=O. The summed E-state index contributed by atoms with van der Waals surface area (Å²) in [6, 6.07) is 0. The van der Waals surface area contributed by atoms with E-state index in [1.54, 1.807) is 6.92 Å². The number of amides is 2. The summed E-state index contributed by atoms with van der Waals surface area (Å²) in [4.78, 5) is 24.4. The Morgan fingerprint density at radius 2 is 2.07 bits per heavy atom. The number of ether oxygens (including phenoxy) is 1. The first kappa shape index (κ1) is 10.4. The summed E-state index contributed by atoms with van der Waals surface area (Å²) in [6.07, 6.45) is 3.30. The zero-order valence-corrected chi connectivity index (χ0v) is 8.86. The summed E-state index contributed by atoms with van der Waals surface area (Å²) < 4.78 is 5.24. The van der Waals surface area contributed by atoms with Gasteiger partial charge >= 0.3 is 0 Å². The fourth-order valence-electron chi connectivity index (χ4n) is 2.00. The van der Waals surface area contributed by atoms with Gasteiger partial charge in [0.2, 0.25) is 0 Å². The van der Waals surface area contributed by atoms with Crippen molar-refractivity contribution in [3.05, 3.63) is 11.6 Å². The first-order valence-corrected chi connectivity index (χ1v) is 5.30. The molecule has 0 atom stereocenters. The van der Waals surface area contributed by atoms with Crippen molar-refractivity contribution in [2.75, 3.05) is 19.8 Å². The number of hydrogen-bond acceptors (Lipinski definition) is 3. The summed E-state index contributed by atoms with van der Waals surface area (Å²) in [6.45, 7) is 3.72. The van der Waals surface area contributed by atoms with E-state index in [4.69, 9.17) is 4.74 Å². The molecule has 82 valence electrons. The summed E-state index contributed by atoms with van der Waals surface area (Å²) in [5.41, 5.74) is 0.548. The number of rotatable bonds is 2. The van der Waals surface area contributed by atoms with Crippen molar-refractivity contribution >= 4 is 11.8 Å². The molecular weight excluding hydrogens is 194 g/mol. The molecular formula is C11H15NO3. The molecule has 2 amide bonds. The zero-order chi connectivity index (χ0) is 10.8. The Labute approximate surface area is 88.9 Å². The molecule has 0 aromatic rings. The maximum absolute atomic E-state index is 11.6. The molecule has 0 radical (unpaired) electrons. The van der Waals surface area contributed by atoms with Gasteiger partial charge in [0.15, 0.2) is 0 Å². The highest BCUT2D eigenvalue weighted by molar-refractivity contribution is 6.15. The van der Waals surface area contributed by atoms with E-state index in [-0.39, 0.29) is 11.8 Å². The van der Waals surface area contributed by atoms with Gasteiger partial charge in [-0.15, -0.1) is 0 Å². The lowest BCUT2D eigenvalue weighted by atomic mass is 10.00. The Bertz CT molecular complexity index is 316.